The summed E-state index contributed by atoms with van der Waals surface area (Å²) < 4.78 is 5.50. The van der Waals surface area contributed by atoms with Crippen molar-refractivity contribution in [3.8, 4) is 10.6 Å². The zero-order valence-electron chi connectivity index (χ0n) is 14.9. The minimum Gasteiger partial charge on any atom is -0.380 e. The number of aryl methyl sites for hydroxylation is 1. The predicted octanol–water partition coefficient (Wildman–Crippen LogP) is 4.73. The third-order valence-electron chi connectivity index (χ3n) is 5.74. The van der Waals surface area contributed by atoms with Crippen LogP contribution in [0.3, 0.4) is 0 Å². The predicted molar refractivity (Wildman–Crippen MR) is 106 cm³/mol. The Morgan fingerprint density at radius 1 is 1.35 bits per heavy atom. The zero-order valence-corrected chi connectivity index (χ0v) is 16.5. The summed E-state index contributed by atoms with van der Waals surface area (Å²) >= 11 is 3.43. The molecule has 1 spiro atoms. The van der Waals surface area contributed by atoms with Gasteiger partial charge in [0.1, 0.15) is 10.0 Å². The molecule has 1 aliphatic heterocycles. The van der Waals surface area contributed by atoms with Crippen LogP contribution in [0.1, 0.15) is 41.8 Å². The molecule has 5 rings (SSSR count). The minimum atomic E-state index is 0.0670. The number of nitrogens with zero attached hydrogens (tertiary/aromatic N) is 1. The molecule has 136 valence electrons. The summed E-state index contributed by atoms with van der Waals surface area (Å²) in [4.78, 5) is 18.8. The van der Waals surface area contributed by atoms with Crippen LogP contribution in [-0.4, -0.2) is 24.1 Å². The lowest BCUT2D eigenvalue weighted by Crippen LogP contribution is -2.46. The molecule has 0 atom stereocenters. The number of thiophene rings is 1. The second-order valence-corrected chi connectivity index (χ2v) is 9.71. The Kier molecular flexibility index (Phi) is 4.03. The summed E-state index contributed by atoms with van der Waals surface area (Å²) in [5.41, 5.74) is 4.88. The molecule has 0 bridgehead atoms. The number of carbonyl (C=O) groups excluding carboxylic acids is 1. The number of hydrogen-bond donors (Lipinski definition) is 1. The lowest BCUT2D eigenvalue weighted by Gasteiger charge is -2.44. The van der Waals surface area contributed by atoms with E-state index in [0.717, 1.165) is 66.6 Å². The number of fused-ring (bicyclic) bond motifs is 1. The second kappa shape index (κ2) is 6.29. The first-order chi connectivity index (χ1) is 12.6. The minimum absolute atomic E-state index is 0.0670. The summed E-state index contributed by atoms with van der Waals surface area (Å²) in [6.07, 6.45) is 8.38. The van der Waals surface area contributed by atoms with Crippen LogP contribution in [0.5, 0.6) is 0 Å². The van der Waals surface area contributed by atoms with Gasteiger partial charge in [0.2, 0.25) is 0 Å². The number of nitrogens with one attached hydrogen (secondary N) is 1. The summed E-state index contributed by atoms with van der Waals surface area (Å²) in [5, 5.41) is 7.34. The number of rotatable bonds is 3. The maximum atomic E-state index is 12.7. The van der Waals surface area contributed by atoms with Gasteiger partial charge in [-0.25, -0.2) is 4.98 Å². The molecule has 3 aliphatic rings. The fourth-order valence-electron chi connectivity index (χ4n) is 4.22. The average Bonchev–Trinajstić information content (AvgIpc) is 3.31. The molecule has 26 heavy (non-hydrogen) atoms. The highest BCUT2D eigenvalue weighted by Gasteiger charge is 2.43. The Morgan fingerprint density at radius 3 is 2.88 bits per heavy atom. The van der Waals surface area contributed by atoms with E-state index < -0.39 is 0 Å². The third kappa shape index (κ3) is 2.75. The number of ether oxygens (including phenoxy) is 1. The summed E-state index contributed by atoms with van der Waals surface area (Å²) in [5.74, 6) is 0.0670. The van der Waals surface area contributed by atoms with Gasteiger partial charge in [0.05, 0.1) is 13.2 Å². The molecule has 0 saturated carbocycles. The smallest absolute Gasteiger partial charge is 0.251 e. The summed E-state index contributed by atoms with van der Waals surface area (Å²) in [6.45, 7) is 3.79. The Balaban J connectivity index is 1.53. The van der Waals surface area contributed by atoms with Crippen molar-refractivity contribution >= 4 is 33.6 Å². The van der Waals surface area contributed by atoms with Crippen LogP contribution in [0.4, 0.5) is 5.00 Å². The van der Waals surface area contributed by atoms with Crippen LogP contribution in [-0.2, 0) is 22.4 Å². The normalized spacial score (nSPS) is 20.6. The highest BCUT2D eigenvalue weighted by molar-refractivity contribution is 7.18. The number of amides is 1. The van der Waals surface area contributed by atoms with Gasteiger partial charge in [-0.1, -0.05) is 6.08 Å². The van der Waals surface area contributed by atoms with E-state index in [1.807, 2.05) is 6.92 Å². The first-order valence-electron chi connectivity index (χ1n) is 9.29. The Labute approximate surface area is 161 Å². The van der Waals surface area contributed by atoms with Crippen LogP contribution in [0.2, 0.25) is 0 Å². The van der Waals surface area contributed by atoms with Crippen LogP contribution in [0.25, 0.3) is 10.6 Å². The molecule has 4 nitrogen and oxygen atoms in total. The second-order valence-electron chi connectivity index (χ2n) is 7.75. The molecule has 1 N–H and O–H groups in total. The standard InChI is InChI=1S/C20H22N2O2S2/c1-12-9-25-18(21-12)16-14-6-7-20(10-24-11-20)8-15(14)26-19(16)22-17(23)13-4-2-3-5-13/h4,9H,2-3,5-8,10-11H2,1H3,(H,22,23). The van der Waals surface area contributed by atoms with Crippen LogP contribution < -0.4 is 5.32 Å². The number of carbonyl (C=O) groups is 1. The van der Waals surface area contributed by atoms with Gasteiger partial charge < -0.3 is 10.1 Å². The molecule has 1 saturated heterocycles. The molecular weight excluding hydrogens is 364 g/mol. The molecule has 2 aromatic heterocycles. The molecule has 3 heterocycles. The number of aromatic nitrogens is 1. The lowest BCUT2D eigenvalue weighted by atomic mass is 9.72. The molecular formula is C20H22N2O2S2. The highest BCUT2D eigenvalue weighted by Crippen LogP contribution is 2.50. The summed E-state index contributed by atoms with van der Waals surface area (Å²) in [7, 11) is 0. The number of anilines is 1. The van der Waals surface area contributed by atoms with Crippen molar-refractivity contribution < 1.29 is 9.53 Å². The quantitative estimate of drug-likeness (QED) is 0.829. The van der Waals surface area contributed by atoms with Gasteiger partial charge in [-0.3, -0.25) is 4.79 Å². The number of allylic oxidation sites excluding steroid dienone is 1. The van der Waals surface area contributed by atoms with Gasteiger partial charge in [0.15, 0.2) is 0 Å². The monoisotopic (exact) mass is 386 g/mol. The van der Waals surface area contributed by atoms with E-state index in [1.54, 1.807) is 22.7 Å². The van der Waals surface area contributed by atoms with Crippen LogP contribution in [0.15, 0.2) is 17.0 Å². The maximum absolute atomic E-state index is 12.7. The first kappa shape index (κ1) is 16.7. The molecule has 2 aromatic rings. The van der Waals surface area contributed by atoms with Crippen LogP contribution >= 0.6 is 22.7 Å². The van der Waals surface area contributed by atoms with E-state index in [1.165, 1.54) is 22.4 Å². The van der Waals surface area contributed by atoms with Gasteiger partial charge in [0.25, 0.3) is 5.91 Å². The number of thiazole rings is 1. The first-order valence-corrected chi connectivity index (χ1v) is 11.0. The van der Waals surface area contributed by atoms with E-state index in [9.17, 15) is 4.79 Å². The van der Waals surface area contributed by atoms with Crippen molar-refractivity contribution in [3.63, 3.8) is 0 Å². The van der Waals surface area contributed by atoms with E-state index >= 15 is 0 Å². The van der Waals surface area contributed by atoms with Gasteiger partial charge in [-0.2, -0.15) is 0 Å². The Morgan fingerprint density at radius 2 is 2.23 bits per heavy atom. The van der Waals surface area contributed by atoms with Crippen LogP contribution in [0, 0.1) is 12.3 Å². The summed E-state index contributed by atoms with van der Waals surface area (Å²) in [6, 6.07) is 0. The molecule has 1 amide bonds. The van der Waals surface area contributed by atoms with E-state index in [4.69, 9.17) is 9.72 Å². The lowest BCUT2D eigenvalue weighted by molar-refractivity contribution is -0.119. The fourth-order valence-corrected chi connectivity index (χ4v) is 6.58. The molecule has 6 heteroatoms. The van der Waals surface area contributed by atoms with Crippen molar-refractivity contribution in [1.29, 1.82) is 0 Å². The van der Waals surface area contributed by atoms with Gasteiger partial charge in [-0.15, -0.1) is 22.7 Å². The molecule has 2 aliphatic carbocycles. The van der Waals surface area contributed by atoms with Crippen molar-refractivity contribution in [2.45, 2.75) is 45.4 Å². The molecule has 0 aromatic carbocycles. The number of hydrogen-bond acceptors (Lipinski definition) is 5. The average molecular weight is 387 g/mol. The Hall–Kier alpha value is -1.50. The maximum Gasteiger partial charge on any atom is 0.251 e. The van der Waals surface area contributed by atoms with Gasteiger partial charge in [-0.05, 0) is 51.0 Å². The van der Waals surface area contributed by atoms with Gasteiger partial charge >= 0.3 is 0 Å². The Bertz CT molecular complexity index is 905. The van der Waals surface area contributed by atoms with Crippen molar-refractivity contribution in [3.05, 3.63) is 33.2 Å². The van der Waals surface area contributed by atoms with Gasteiger partial charge in [0, 0.05) is 32.5 Å². The largest absolute Gasteiger partial charge is 0.380 e. The molecule has 0 unspecified atom stereocenters. The third-order valence-corrected chi connectivity index (χ3v) is 7.87. The van der Waals surface area contributed by atoms with Crippen molar-refractivity contribution in [1.82, 2.24) is 4.98 Å². The topological polar surface area (TPSA) is 51.2 Å². The van der Waals surface area contributed by atoms with Crippen molar-refractivity contribution in [2.24, 2.45) is 5.41 Å². The van der Waals surface area contributed by atoms with Crippen molar-refractivity contribution in [2.75, 3.05) is 18.5 Å². The highest BCUT2D eigenvalue weighted by atomic mass is 32.1. The molecule has 0 radical (unpaired) electrons. The van der Waals surface area contributed by atoms with E-state index in [2.05, 4.69) is 16.8 Å². The van der Waals surface area contributed by atoms with E-state index in [-0.39, 0.29) is 5.91 Å². The van der Waals surface area contributed by atoms with E-state index in [0.29, 0.717) is 5.41 Å². The SMILES string of the molecule is Cc1csc(-c2c(NC(=O)C3=CCCC3)sc3c2CCC2(COC2)C3)n1. The zero-order chi connectivity index (χ0) is 17.7. The molecule has 1 fully saturated rings. The fraction of sp³-hybridized carbons (Fsp3) is 0.500.